The van der Waals surface area contributed by atoms with Crippen molar-refractivity contribution in [2.45, 2.75) is 36.6 Å². The minimum atomic E-state index is -0.938. The molecule has 0 radical (unpaired) electrons. The molecule has 0 aliphatic carbocycles. The molecule has 1 unspecified atom stereocenters. The maximum atomic E-state index is 13.8. The molecule has 0 bridgehead atoms. The number of aliphatic hydroxyl groups is 1. The molecule has 1 aliphatic heterocycles. The molecule has 1 saturated heterocycles. The SMILES string of the molecule is CCOc1ccc(C2/C(=C(\O)c3ccc(OCc4cccc(C)c4)cc3)C(=O)C(=O)N2c2nnc(SCc3cccc4ccccc34)s2)cc1. The van der Waals surface area contributed by atoms with Crippen LogP contribution in [-0.4, -0.2) is 33.6 Å². The van der Waals surface area contributed by atoms with Crippen LogP contribution in [0.2, 0.25) is 0 Å². The van der Waals surface area contributed by atoms with Crippen molar-refractivity contribution < 1.29 is 24.2 Å². The lowest BCUT2D eigenvalue weighted by Gasteiger charge is -2.22. The Bertz CT molecular complexity index is 2210. The summed E-state index contributed by atoms with van der Waals surface area (Å²) in [7, 11) is 0. The number of Topliss-reactive ketones (excluding diaryl/α,β-unsaturated/α-hetero) is 1. The van der Waals surface area contributed by atoms with Crippen molar-refractivity contribution in [3.8, 4) is 11.5 Å². The highest BCUT2D eigenvalue weighted by atomic mass is 32.2. The number of ether oxygens (including phenoxy) is 2. The lowest BCUT2D eigenvalue weighted by Crippen LogP contribution is -2.29. The number of thioether (sulfide) groups is 1. The summed E-state index contributed by atoms with van der Waals surface area (Å²) in [4.78, 5) is 28.8. The molecular formula is C40H33N3O5S2. The van der Waals surface area contributed by atoms with Crippen LogP contribution in [-0.2, 0) is 21.9 Å². The van der Waals surface area contributed by atoms with E-state index < -0.39 is 17.7 Å². The van der Waals surface area contributed by atoms with Crippen molar-refractivity contribution in [3.05, 3.63) is 149 Å². The van der Waals surface area contributed by atoms with Gasteiger partial charge in [-0.1, -0.05) is 108 Å². The molecule has 250 valence electrons. The van der Waals surface area contributed by atoms with E-state index in [4.69, 9.17) is 9.47 Å². The van der Waals surface area contributed by atoms with Gasteiger partial charge >= 0.3 is 5.91 Å². The van der Waals surface area contributed by atoms with Gasteiger partial charge < -0.3 is 14.6 Å². The van der Waals surface area contributed by atoms with E-state index in [1.165, 1.54) is 33.4 Å². The molecule has 1 aliphatic rings. The molecule has 10 heteroatoms. The monoisotopic (exact) mass is 699 g/mol. The van der Waals surface area contributed by atoms with E-state index in [0.717, 1.165) is 22.1 Å². The normalized spacial score (nSPS) is 15.5. The Kier molecular flexibility index (Phi) is 9.64. The van der Waals surface area contributed by atoms with Crippen LogP contribution in [0.25, 0.3) is 16.5 Å². The number of aliphatic hydroxyl groups excluding tert-OH is 1. The second kappa shape index (κ2) is 14.6. The third-order valence-corrected chi connectivity index (χ3v) is 10.5. The minimum Gasteiger partial charge on any atom is -0.507 e. The average molecular weight is 700 g/mol. The van der Waals surface area contributed by atoms with Gasteiger partial charge in [0.15, 0.2) is 4.34 Å². The van der Waals surface area contributed by atoms with Crippen molar-refractivity contribution in [1.82, 2.24) is 10.2 Å². The molecule has 7 rings (SSSR count). The van der Waals surface area contributed by atoms with Crippen LogP contribution < -0.4 is 14.4 Å². The van der Waals surface area contributed by atoms with Crippen LogP contribution >= 0.6 is 23.1 Å². The van der Waals surface area contributed by atoms with E-state index in [2.05, 4.69) is 40.5 Å². The van der Waals surface area contributed by atoms with Gasteiger partial charge in [0, 0.05) is 11.3 Å². The molecule has 8 nitrogen and oxygen atoms in total. The lowest BCUT2D eigenvalue weighted by molar-refractivity contribution is -0.132. The molecule has 1 atom stereocenters. The van der Waals surface area contributed by atoms with Gasteiger partial charge in [0.2, 0.25) is 5.13 Å². The summed E-state index contributed by atoms with van der Waals surface area (Å²) in [5.74, 6) is 0.0325. The third-order valence-electron chi connectivity index (χ3n) is 8.40. The predicted molar refractivity (Wildman–Crippen MR) is 198 cm³/mol. The van der Waals surface area contributed by atoms with Crippen LogP contribution in [0.1, 0.15) is 40.8 Å². The fraction of sp³-hybridized carbons (Fsp3) is 0.150. The molecule has 5 aromatic carbocycles. The average Bonchev–Trinajstić information content (AvgIpc) is 3.71. The highest BCUT2D eigenvalue weighted by Crippen LogP contribution is 2.44. The maximum Gasteiger partial charge on any atom is 0.301 e. The summed E-state index contributed by atoms with van der Waals surface area (Å²) in [6.45, 7) is 4.81. The Morgan fingerprint density at radius 1 is 0.860 bits per heavy atom. The van der Waals surface area contributed by atoms with E-state index in [1.54, 1.807) is 48.5 Å². The summed E-state index contributed by atoms with van der Waals surface area (Å²) in [5, 5.41) is 23.0. The number of carbonyl (C=O) groups excluding carboxylic acids is 2. The minimum absolute atomic E-state index is 0.0345. The Balaban J connectivity index is 1.18. The number of aryl methyl sites for hydroxylation is 1. The van der Waals surface area contributed by atoms with Crippen LogP contribution in [0, 0.1) is 6.92 Å². The number of benzene rings is 5. The molecule has 6 aromatic rings. The van der Waals surface area contributed by atoms with Crippen molar-refractivity contribution in [3.63, 3.8) is 0 Å². The van der Waals surface area contributed by atoms with Crippen molar-refractivity contribution >= 4 is 56.5 Å². The Hall–Kier alpha value is -5.45. The second-order valence-corrected chi connectivity index (χ2v) is 13.9. The van der Waals surface area contributed by atoms with Crippen LogP contribution in [0.3, 0.4) is 0 Å². The van der Waals surface area contributed by atoms with Gasteiger partial charge in [0.1, 0.15) is 23.9 Å². The largest absolute Gasteiger partial charge is 0.507 e. The van der Waals surface area contributed by atoms with Crippen molar-refractivity contribution in [1.29, 1.82) is 0 Å². The molecular weight excluding hydrogens is 667 g/mol. The lowest BCUT2D eigenvalue weighted by atomic mass is 9.95. The fourth-order valence-electron chi connectivity index (χ4n) is 6.01. The third kappa shape index (κ3) is 6.85. The first-order valence-electron chi connectivity index (χ1n) is 16.1. The predicted octanol–water partition coefficient (Wildman–Crippen LogP) is 8.90. The zero-order valence-corrected chi connectivity index (χ0v) is 29.0. The number of fused-ring (bicyclic) bond motifs is 1. The highest BCUT2D eigenvalue weighted by molar-refractivity contribution is 8.00. The summed E-state index contributed by atoms with van der Waals surface area (Å²) >= 11 is 2.75. The zero-order chi connectivity index (χ0) is 34.6. The van der Waals surface area contributed by atoms with Gasteiger partial charge in [0.05, 0.1) is 18.2 Å². The smallest absolute Gasteiger partial charge is 0.301 e. The number of rotatable bonds is 11. The van der Waals surface area contributed by atoms with Gasteiger partial charge in [-0.3, -0.25) is 14.5 Å². The van der Waals surface area contributed by atoms with E-state index in [1.807, 2.05) is 50.2 Å². The highest BCUT2D eigenvalue weighted by Gasteiger charge is 2.48. The van der Waals surface area contributed by atoms with Crippen LogP contribution in [0.5, 0.6) is 11.5 Å². The zero-order valence-electron chi connectivity index (χ0n) is 27.4. The number of aromatic nitrogens is 2. The Morgan fingerprint density at radius 2 is 1.58 bits per heavy atom. The first-order valence-corrected chi connectivity index (χ1v) is 18.0. The molecule has 1 fully saturated rings. The number of hydrogen-bond donors (Lipinski definition) is 1. The molecule has 1 N–H and O–H groups in total. The van der Waals surface area contributed by atoms with Gasteiger partial charge in [-0.15, -0.1) is 10.2 Å². The van der Waals surface area contributed by atoms with E-state index in [0.29, 0.717) is 45.9 Å². The first kappa shape index (κ1) is 33.1. The quantitative estimate of drug-likeness (QED) is 0.0471. The number of amides is 1. The Labute approximate surface area is 298 Å². The molecule has 50 heavy (non-hydrogen) atoms. The second-order valence-electron chi connectivity index (χ2n) is 11.8. The maximum absolute atomic E-state index is 13.8. The fourth-order valence-corrected chi connectivity index (χ4v) is 7.88. The number of carbonyl (C=O) groups is 2. The van der Waals surface area contributed by atoms with Gasteiger partial charge in [-0.2, -0.15) is 0 Å². The standard InChI is InChI=1S/C40H33N3O5S2/c1-3-47-31-18-14-28(15-19-31)35-34(36(44)29-16-20-32(21-17-29)48-23-26-9-6-8-25(2)22-26)37(45)38(46)43(35)39-41-42-40(50-39)49-24-30-12-7-11-27-10-4-5-13-33(27)30/h4-22,35,44H,3,23-24H2,1-2H3/b36-34+. The number of anilines is 1. The number of hydrogen-bond acceptors (Lipinski definition) is 9. The van der Waals surface area contributed by atoms with Gasteiger partial charge in [-0.05, 0) is 77.7 Å². The van der Waals surface area contributed by atoms with Crippen molar-refractivity contribution in [2.75, 3.05) is 11.5 Å². The topological polar surface area (TPSA) is 102 Å². The number of ketones is 1. The Morgan fingerprint density at radius 3 is 2.36 bits per heavy atom. The summed E-state index contributed by atoms with van der Waals surface area (Å²) < 4.78 is 12.2. The summed E-state index contributed by atoms with van der Waals surface area (Å²) in [6.07, 6.45) is 0. The van der Waals surface area contributed by atoms with Crippen LogP contribution in [0.15, 0.2) is 125 Å². The van der Waals surface area contributed by atoms with E-state index in [-0.39, 0.29) is 16.5 Å². The molecule has 2 heterocycles. The molecule has 1 amide bonds. The van der Waals surface area contributed by atoms with Gasteiger partial charge in [-0.25, -0.2) is 0 Å². The molecule has 1 aromatic heterocycles. The van der Waals surface area contributed by atoms with Crippen molar-refractivity contribution in [2.24, 2.45) is 0 Å². The van der Waals surface area contributed by atoms with Gasteiger partial charge in [0.25, 0.3) is 5.78 Å². The summed E-state index contributed by atoms with van der Waals surface area (Å²) in [5.41, 5.74) is 4.31. The first-order chi connectivity index (χ1) is 24.4. The molecule has 0 saturated carbocycles. The van der Waals surface area contributed by atoms with Crippen LogP contribution in [0.4, 0.5) is 5.13 Å². The van der Waals surface area contributed by atoms with E-state index >= 15 is 0 Å². The summed E-state index contributed by atoms with van der Waals surface area (Å²) in [6, 6.07) is 35.5. The number of nitrogens with zero attached hydrogens (tertiary/aromatic N) is 3. The van der Waals surface area contributed by atoms with E-state index in [9.17, 15) is 14.7 Å². The molecule has 0 spiro atoms.